The average molecular weight is 421 g/mol. The number of ether oxygens (including phenoxy) is 1. The predicted molar refractivity (Wildman–Crippen MR) is 109 cm³/mol. The van der Waals surface area contributed by atoms with Gasteiger partial charge in [-0.3, -0.25) is 8.39 Å². The average Bonchev–Trinajstić information content (AvgIpc) is 2.68. The van der Waals surface area contributed by atoms with E-state index in [-0.39, 0.29) is 17.4 Å². The van der Waals surface area contributed by atoms with Gasteiger partial charge in [-0.1, -0.05) is 35.4 Å². The topological polar surface area (TPSA) is 69.7 Å². The van der Waals surface area contributed by atoms with Gasteiger partial charge in [0.1, 0.15) is 5.76 Å². The Labute approximate surface area is 169 Å². The van der Waals surface area contributed by atoms with Crippen LogP contribution >= 0.6 is 0 Å². The van der Waals surface area contributed by atoms with Crippen molar-refractivity contribution >= 4 is 20.9 Å². The molecule has 1 aliphatic rings. The smallest absolute Gasteiger partial charge is 0.296 e. The molecule has 0 saturated carbocycles. The van der Waals surface area contributed by atoms with Crippen molar-refractivity contribution in [3.8, 4) is 0 Å². The van der Waals surface area contributed by atoms with E-state index in [9.17, 15) is 12.6 Å². The van der Waals surface area contributed by atoms with Crippen LogP contribution in [0.5, 0.6) is 0 Å². The molecule has 0 amide bonds. The third kappa shape index (κ3) is 5.53. The first-order chi connectivity index (χ1) is 13.3. The maximum absolute atomic E-state index is 12.4. The lowest BCUT2D eigenvalue weighted by Crippen LogP contribution is -2.23. The summed E-state index contributed by atoms with van der Waals surface area (Å²) in [7, 11) is -4.94. The second-order valence-corrected chi connectivity index (χ2v) is 10.0. The van der Waals surface area contributed by atoms with Crippen LogP contribution in [0.4, 0.5) is 0 Å². The van der Waals surface area contributed by atoms with E-state index >= 15 is 0 Å². The standard InChI is InChI=1S/C21H24O5S2/c1-16-3-9-20(10-4-16)27(22)15-19-8-7-18(13-25-19)14-26-28(23,24)21-11-5-17(2)6-12-21/h3-6,8-12,18H,7,13-15H2,1-2H3/t18-,27-/m1/s1. The second kappa shape index (κ2) is 9.03. The zero-order valence-electron chi connectivity index (χ0n) is 16.0. The van der Waals surface area contributed by atoms with Crippen LogP contribution in [0.25, 0.3) is 0 Å². The van der Waals surface area contributed by atoms with Crippen LogP contribution in [-0.4, -0.2) is 31.6 Å². The molecule has 0 spiro atoms. The SMILES string of the molecule is Cc1ccc([S@](=O)CC2=CC[C@@H](COS(=O)(=O)c3ccc(C)cc3)CO2)cc1. The summed E-state index contributed by atoms with van der Waals surface area (Å²) in [6.07, 6.45) is 2.51. The number of allylic oxidation sites excluding steroid dienone is 1. The quantitative estimate of drug-likeness (QED) is 0.638. The molecule has 2 atom stereocenters. The summed E-state index contributed by atoms with van der Waals surface area (Å²) >= 11 is 0. The molecule has 5 nitrogen and oxygen atoms in total. The number of benzene rings is 2. The van der Waals surface area contributed by atoms with Gasteiger partial charge in [-0.25, -0.2) is 0 Å². The summed E-state index contributed by atoms with van der Waals surface area (Å²) in [6.45, 7) is 4.29. The van der Waals surface area contributed by atoms with Crippen molar-refractivity contribution in [2.24, 2.45) is 5.92 Å². The molecule has 2 aromatic carbocycles. The number of rotatable bonds is 7. The fraction of sp³-hybridized carbons (Fsp3) is 0.333. The summed E-state index contributed by atoms with van der Waals surface area (Å²) in [4.78, 5) is 0.921. The van der Waals surface area contributed by atoms with Gasteiger partial charge in [0.15, 0.2) is 0 Å². The fourth-order valence-electron chi connectivity index (χ4n) is 2.73. The molecule has 0 N–H and O–H groups in total. The molecule has 7 heteroatoms. The van der Waals surface area contributed by atoms with Crippen molar-refractivity contribution in [1.82, 2.24) is 0 Å². The van der Waals surface area contributed by atoms with Crippen LogP contribution < -0.4 is 0 Å². The Bertz CT molecular complexity index is 961. The summed E-state index contributed by atoms with van der Waals surface area (Å²) in [5.74, 6) is 0.937. The molecule has 0 unspecified atom stereocenters. The van der Waals surface area contributed by atoms with Crippen molar-refractivity contribution in [2.45, 2.75) is 30.1 Å². The van der Waals surface area contributed by atoms with Crippen molar-refractivity contribution in [3.05, 3.63) is 71.5 Å². The first kappa shape index (κ1) is 20.8. The Kier molecular flexibility index (Phi) is 6.69. The zero-order valence-corrected chi connectivity index (χ0v) is 17.6. The molecule has 1 heterocycles. The highest BCUT2D eigenvalue weighted by molar-refractivity contribution is 7.86. The third-order valence-electron chi connectivity index (χ3n) is 4.51. The van der Waals surface area contributed by atoms with Crippen LogP contribution in [0.15, 0.2) is 70.2 Å². The Morgan fingerprint density at radius 3 is 2.21 bits per heavy atom. The van der Waals surface area contributed by atoms with Gasteiger partial charge in [-0.05, 0) is 50.6 Å². The molecule has 28 heavy (non-hydrogen) atoms. The Morgan fingerprint density at radius 2 is 1.64 bits per heavy atom. The molecule has 2 aromatic rings. The molecule has 0 aliphatic carbocycles. The monoisotopic (exact) mass is 420 g/mol. The molecular weight excluding hydrogens is 396 g/mol. The maximum Gasteiger partial charge on any atom is 0.296 e. The Hall–Kier alpha value is -1.96. The van der Waals surface area contributed by atoms with E-state index < -0.39 is 20.9 Å². The predicted octanol–water partition coefficient (Wildman–Crippen LogP) is 3.74. The van der Waals surface area contributed by atoms with Gasteiger partial charge in [0.2, 0.25) is 0 Å². The minimum Gasteiger partial charge on any atom is -0.497 e. The van der Waals surface area contributed by atoms with Gasteiger partial charge < -0.3 is 4.74 Å². The normalized spacial score (nSPS) is 18.2. The fourth-order valence-corrected chi connectivity index (χ4v) is 4.77. The minimum atomic E-state index is -3.77. The Balaban J connectivity index is 1.51. The lowest BCUT2D eigenvalue weighted by atomic mass is 10.1. The van der Waals surface area contributed by atoms with Gasteiger partial charge in [-0.15, -0.1) is 0 Å². The summed E-state index contributed by atoms with van der Waals surface area (Å²) < 4.78 is 47.8. The lowest BCUT2D eigenvalue weighted by molar-refractivity contribution is 0.116. The summed E-state index contributed by atoms with van der Waals surface area (Å²) in [5.41, 5.74) is 2.11. The van der Waals surface area contributed by atoms with E-state index in [4.69, 9.17) is 8.92 Å². The molecule has 1 aliphatic heterocycles. The molecule has 0 saturated heterocycles. The highest BCUT2D eigenvalue weighted by Crippen LogP contribution is 2.21. The van der Waals surface area contributed by atoms with Gasteiger partial charge in [-0.2, -0.15) is 8.42 Å². The van der Waals surface area contributed by atoms with Crippen LogP contribution in [0.2, 0.25) is 0 Å². The first-order valence-corrected chi connectivity index (χ1v) is 11.8. The van der Waals surface area contributed by atoms with E-state index in [2.05, 4.69) is 0 Å². The highest BCUT2D eigenvalue weighted by atomic mass is 32.2. The van der Waals surface area contributed by atoms with E-state index in [1.54, 1.807) is 24.3 Å². The molecule has 150 valence electrons. The molecule has 0 aromatic heterocycles. The van der Waals surface area contributed by atoms with Crippen LogP contribution in [0.1, 0.15) is 17.5 Å². The molecule has 0 fully saturated rings. The van der Waals surface area contributed by atoms with E-state index in [0.29, 0.717) is 24.5 Å². The van der Waals surface area contributed by atoms with E-state index in [0.717, 1.165) is 16.0 Å². The number of aryl methyl sites for hydroxylation is 2. The summed E-state index contributed by atoms with van der Waals surface area (Å²) in [6, 6.07) is 14.2. The minimum absolute atomic E-state index is 0.0566. The Morgan fingerprint density at radius 1 is 1.04 bits per heavy atom. The van der Waals surface area contributed by atoms with Crippen LogP contribution in [0.3, 0.4) is 0 Å². The van der Waals surface area contributed by atoms with E-state index in [1.165, 1.54) is 0 Å². The van der Waals surface area contributed by atoms with Crippen molar-refractivity contribution in [1.29, 1.82) is 0 Å². The third-order valence-corrected chi connectivity index (χ3v) is 7.15. The molecule has 0 radical (unpaired) electrons. The summed E-state index contributed by atoms with van der Waals surface area (Å²) in [5, 5.41) is 0. The van der Waals surface area contributed by atoms with Gasteiger partial charge in [0, 0.05) is 10.8 Å². The molecular formula is C21H24O5S2. The lowest BCUT2D eigenvalue weighted by Gasteiger charge is -2.22. The largest absolute Gasteiger partial charge is 0.497 e. The molecule has 3 rings (SSSR count). The second-order valence-electron chi connectivity index (χ2n) is 6.94. The van der Waals surface area contributed by atoms with Gasteiger partial charge >= 0.3 is 0 Å². The van der Waals surface area contributed by atoms with Crippen molar-refractivity contribution in [3.63, 3.8) is 0 Å². The maximum atomic E-state index is 12.4. The van der Waals surface area contributed by atoms with Crippen LogP contribution in [0, 0.1) is 19.8 Å². The number of hydrogen-bond donors (Lipinski definition) is 0. The van der Waals surface area contributed by atoms with Gasteiger partial charge in [0.05, 0.1) is 34.7 Å². The zero-order chi connectivity index (χ0) is 20.1. The van der Waals surface area contributed by atoms with Gasteiger partial charge in [0.25, 0.3) is 10.1 Å². The first-order valence-electron chi connectivity index (χ1n) is 9.06. The van der Waals surface area contributed by atoms with E-state index in [1.807, 2.05) is 44.2 Å². The van der Waals surface area contributed by atoms with Crippen LogP contribution in [-0.2, 0) is 29.8 Å². The molecule has 0 bridgehead atoms. The van der Waals surface area contributed by atoms with Crippen molar-refractivity contribution < 1.29 is 21.5 Å². The highest BCUT2D eigenvalue weighted by Gasteiger charge is 2.22. The van der Waals surface area contributed by atoms with Crippen molar-refractivity contribution in [2.75, 3.05) is 19.0 Å². The number of hydrogen-bond acceptors (Lipinski definition) is 5.